The molecule has 1 unspecified atom stereocenters. The van der Waals surface area contributed by atoms with Crippen molar-refractivity contribution in [3.63, 3.8) is 0 Å². The van der Waals surface area contributed by atoms with Crippen molar-refractivity contribution < 1.29 is 23.8 Å². The third-order valence-corrected chi connectivity index (χ3v) is 6.11. The number of hydrogen-bond acceptors (Lipinski definition) is 5. The molecule has 0 aliphatic heterocycles. The molecular weight excluding hydrogens is 431 g/mol. The highest BCUT2D eigenvalue weighted by Gasteiger charge is 2.17. The Morgan fingerprint density at radius 2 is 1.58 bits per heavy atom. The topological polar surface area (TPSA) is 68.2 Å². The van der Waals surface area contributed by atoms with Crippen LogP contribution in [0.2, 0.25) is 0 Å². The van der Waals surface area contributed by atoms with Crippen LogP contribution in [0.3, 0.4) is 0 Å². The van der Waals surface area contributed by atoms with Crippen LogP contribution in [0.15, 0.2) is 72.8 Å². The maximum Gasteiger partial charge on any atom is 0.325 e. The van der Waals surface area contributed by atoms with E-state index in [9.17, 15) is 10.00 Å². The van der Waals surface area contributed by atoms with Crippen LogP contribution in [0.1, 0.15) is 30.5 Å². The van der Waals surface area contributed by atoms with E-state index < -0.39 is 6.72 Å². The molecule has 0 bridgehead atoms. The number of benzene rings is 3. The van der Waals surface area contributed by atoms with Gasteiger partial charge in [-0.25, -0.2) is 0 Å². The van der Waals surface area contributed by atoms with Crippen molar-refractivity contribution in [1.82, 2.24) is 0 Å². The Morgan fingerprint density at radius 3 is 2.29 bits per heavy atom. The van der Waals surface area contributed by atoms with Crippen LogP contribution in [0.25, 0.3) is 11.1 Å². The SMILES string of the molecule is CC(C)OP(O)(=S)OCc1cc(CO)cc(-c2cccc(OCc3ccccc3)c2)c1. The van der Waals surface area contributed by atoms with Gasteiger partial charge in [-0.3, -0.25) is 0 Å². The fourth-order valence-electron chi connectivity index (χ4n) is 3.06. The van der Waals surface area contributed by atoms with Gasteiger partial charge in [0.1, 0.15) is 12.4 Å². The summed E-state index contributed by atoms with van der Waals surface area (Å²) in [5.74, 6) is 0.754. The Hall–Kier alpha value is -2.05. The fraction of sp³-hybridized carbons (Fsp3) is 0.250. The number of aliphatic hydroxyl groups excluding tert-OH is 1. The van der Waals surface area contributed by atoms with Gasteiger partial charge in [0.2, 0.25) is 0 Å². The van der Waals surface area contributed by atoms with Gasteiger partial charge in [0.15, 0.2) is 0 Å². The van der Waals surface area contributed by atoms with E-state index in [1.807, 2.05) is 72.8 Å². The minimum Gasteiger partial charge on any atom is -0.489 e. The molecule has 164 valence electrons. The molecule has 0 amide bonds. The maximum atomic E-state index is 10.2. The molecule has 0 radical (unpaired) electrons. The van der Waals surface area contributed by atoms with E-state index in [4.69, 9.17) is 25.6 Å². The monoisotopic (exact) mass is 458 g/mol. The number of aliphatic hydroxyl groups is 1. The number of ether oxygens (including phenoxy) is 1. The molecule has 3 aromatic rings. The second kappa shape index (κ2) is 11.0. The summed E-state index contributed by atoms with van der Waals surface area (Å²) in [6, 6.07) is 23.5. The first-order valence-corrected chi connectivity index (χ1v) is 12.6. The predicted molar refractivity (Wildman–Crippen MR) is 126 cm³/mol. The molecule has 0 saturated carbocycles. The van der Waals surface area contributed by atoms with E-state index in [0.717, 1.165) is 33.6 Å². The van der Waals surface area contributed by atoms with Gasteiger partial charge in [-0.2, -0.15) is 0 Å². The van der Waals surface area contributed by atoms with Crippen LogP contribution in [0.4, 0.5) is 0 Å². The smallest absolute Gasteiger partial charge is 0.325 e. The highest BCUT2D eigenvalue weighted by molar-refractivity contribution is 8.07. The summed E-state index contributed by atoms with van der Waals surface area (Å²) in [5, 5.41) is 9.69. The lowest BCUT2D eigenvalue weighted by molar-refractivity contribution is 0.157. The Labute approximate surface area is 188 Å². The molecule has 5 nitrogen and oxygen atoms in total. The largest absolute Gasteiger partial charge is 0.489 e. The van der Waals surface area contributed by atoms with Crippen molar-refractivity contribution in [3.05, 3.63) is 89.5 Å². The zero-order valence-electron chi connectivity index (χ0n) is 17.6. The molecule has 2 N–H and O–H groups in total. The second-order valence-electron chi connectivity index (χ2n) is 7.39. The molecule has 0 saturated heterocycles. The van der Waals surface area contributed by atoms with E-state index in [1.54, 1.807) is 13.8 Å². The van der Waals surface area contributed by atoms with Crippen LogP contribution in [0, 0.1) is 0 Å². The van der Waals surface area contributed by atoms with E-state index in [1.165, 1.54) is 0 Å². The molecule has 0 spiro atoms. The first-order valence-electron chi connectivity index (χ1n) is 10.0. The van der Waals surface area contributed by atoms with Crippen molar-refractivity contribution >= 4 is 18.5 Å². The van der Waals surface area contributed by atoms with Crippen LogP contribution in [0.5, 0.6) is 5.75 Å². The highest BCUT2D eigenvalue weighted by atomic mass is 32.5. The molecule has 0 aromatic heterocycles. The lowest BCUT2D eigenvalue weighted by Crippen LogP contribution is -2.03. The molecule has 0 aliphatic carbocycles. The third kappa shape index (κ3) is 7.54. The summed E-state index contributed by atoms with van der Waals surface area (Å²) in [4.78, 5) is 10.2. The van der Waals surface area contributed by atoms with E-state index in [-0.39, 0.29) is 19.3 Å². The summed E-state index contributed by atoms with van der Waals surface area (Å²) in [5.41, 5.74) is 4.48. The fourth-order valence-corrected chi connectivity index (χ4v) is 4.64. The number of hydrogen-bond donors (Lipinski definition) is 2. The number of rotatable bonds is 10. The average Bonchev–Trinajstić information content (AvgIpc) is 2.76. The van der Waals surface area contributed by atoms with Crippen molar-refractivity contribution in [2.24, 2.45) is 0 Å². The highest BCUT2D eigenvalue weighted by Crippen LogP contribution is 2.46. The molecule has 7 heteroatoms. The van der Waals surface area contributed by atoms with Gasteiger partial charge in [-0.05, 0) is 77.7 Å². The Balaban J connectivity index is 1.77. The van der Waals surface area contributed by atoms with Crippen molar-refractivity contribution in [3.8, 4) is 16.9 Å². The van der Waals surface area contributed by atoms with Crippen molar-refractivity contribution in [1.29, 1.82) is 0 Å². The van der Waals surface area contributed by atoms with E-state index in [0.29, 0.717) is 6.61 Å². The summed E-state index contributed by atoms with van der Waals surface area (Å²) < 4.78 is 16.7. The van der Waals surface area contributed by atoms with Gasteiger partial charge < -0.3 is 23.8 Å². The summed E-state index contributed by atoms with van der Waals surface area (Å²) in [6.45, 7) is 0.721. The third-order valence-electron chi connectivity index (χ3n) is 4.39. The molecule has 0 heterocycles. The van der Waals surface area contributed by atoms with Crippen LogP contribution in [-0.4, -0.2) is 16.1 Å². The zero-order valence-corrected chi connectivity index (χ0v) is 19.3. The minimum absolute atomic E-state index is 0.0888. The zero-order chi connectivity index (χ0) is 22.3. The molecule has 0 fully saturated rings. The standard InChI is InChI=1S/C24H27O5PS/c1-18(2)29-30(26,31)28-17-21-11-20(15-25)12-23(13-21)22-9-6-10-24(14-22)27-16-19-7-4-3-5-8-19/h3-14,18,25H,15-17H2,1-2H3,(H,26,31). The second-order valence-corrected chi connectivity index (χ2v) is 10.2. The minimum atomic E-state index is -3.32. The van der Waals surface area contributed by atoms with Crippen LogP contribution < -0.4 is 4.74 Å². The molecule has 0 aliphatic rings. The maximum absolute atomic E-state index is 10.2. The van der Waals surface area contributed by atoms with Crippen LogP contribution >= 0.6 is 6.72 Å². The first kappa shape index (κ1) is 23.6. The van der Waals surface area contributed by atoms with Gasteiger partial charge in [-0.1, -0.05) is 48.5 Å². The molecule has 1 atom stereocenters. The Bertz CT molecular complexity index is 1040. The van der Waals surface area contributed by atoms with E-state index >= 15 is 0 Å². The molecule has 3 aromatic carbocycles. The molecule has 31 heavy (non-hydrogen) atoms. The van der Waals surface area contributed by atoms with Crippen LogP contribution in [-0.2, 0) is 40.7 Å². The molecule has 3 rings (SSSR count). The van der Waals surface area contributed by atoms with Gasteiger partial charge in [0.05, 0.1) is 19.3 Å². The Morgan fingerprint density at radius 1 is 0.839 bits per heavy atom. The van der Waals surface area contributed by atoms with Crippen molar-refractivity contribution in [2.45, 2.75) is 39.8 Å². The van der Waals surface area contributed by atoms with Gasteiger partial charge in [-0.15, -0.1) is 0 Å². The molecular formula is C24H27O5PS. The predicted octanol–water partition coefficient (Wildman–Crippen LogP) is 5.58. The van der Waals surface area contributed by atoms with E-state index in [2.05, 4.69) is 0 Å². The van der Waals surface area contributed by atoms with Crippen molar-refractivity contribution in [2.75, 3.05) is 0 Å². The summed E-state index contributed by atoms with van der Waals surface area (Å²) in [6.07, 6.45) is -0.228. The first-order chi connectivity index (χ1) is 14.8. The summed E-state index contributed by atoms with van der Waals surface area (Å²) >= 11 is 5.05. The Kier molecular flexibility index (Phi) is 8.38. The van der Waals surface area contributed by atoms with Gasteiger partial charge >= 0.3 is 6.72 Å². The quantitative estimate of drug-likeness (QED) is 0.387. The lowest BCUT2D eigenvalue weighted by Gasteiger charge is -2.18. The normalized spacial score (nSPS) is 13.2. The summed E-state index contributed by atoms with van der Waals surface area (Å²) in [7, 11) is 0. The average molecular weight is 459 g/mol. The lowest BCUT2D eigenvalue weighted by atomic mass is 10.00. The van der Waals surface area contributed by atoms with Gasteiger partial charge in [0.25, 0.3) is 0 Å². The van der Waals surface area contributed by atoms with Gasteiger partial charge in [0, 0.05) is 0 Å².